The van der Waals surface area contributed by atoms with E-state index in [0.29, 0.717) is 18.8 Å². The van der Waals surface area contributed by atoms with Crippen LogP contribution in [0.3, 0.4) is 0 Å². The Bertz CT molecular complexity index is 738. The number of hydrogen-bond donors (Lipinski definition) is 2. The molecular formula is C22H33N2O4+. The molecule has 6 heteroatoms. The molecule has 9 atom stereocenters. The zero-order valence-corrected chi connectivity index (χ0v) is 17.2. The van der Waals surface area contributed by atoms with Gasteiger partial charge in [0, 0.05) is 29.1 Å². The molecule has 28 heavy (non-hydrogen) atoms. The third-order valence-electron chi connectivity index (χ3n) is 9.27. The van der Waals surface area contributed by atoms with Crippen LogP contribution in [0.5, 0.6) is 0 Å². The van der Waals surface area contributed by atoms with E-state index in [-0.39, 0.29) is 47.0 Å². The molecule has 5 rings (SSSR count). The molecule has 5 aliphatic carbocycles. The van der Waals surface area contributed by atoms with Crippen molar-refractivity contribution in [2.24, 2.45) is 45.0 Å². The normalized spacial score (nSPS) is 51.9. The summed E-state index contributed by atoms with van der Waals surface area (Å²) in [5, 5.41) is 14.8. The van der Waals surface area contributed by atoms with Crippen LogP contribution in [0.15, 0.2) is 17.8 Å². The number of aliphatic hydroxyl groups is 1. The molecule has 0 aromatic carbocycles. The second-order valence-corrected chi connectivity index (χ2v) is 10.2. The number of hydrogen-bond acceptors (Lipinski definition) is 5. The molecule has 0 saturated heterocycles. The molecule has 2 unspecified atom stereocenters. The standard InChI is InChI=1S/C22H32N2O4/c1-5-20(3)10-13-14-6-8-22(12(2)18(20)27)9-7-15(25)17(22)21(14,4)19(13)28-16(26)11-24-23/h5,12-14,17-19,23,27H,1,6-11H2,2-4H3/p+1/t12-,13?,14?,17-,18-,19+,20+,21+,22-/m0/s1. The fourth-order valence-electron chi connectivity index (χ4n) is 7.91. The third-order valence-corrected chi connectivity index (χ3v) is 9.27. The number of esters is 1. The van der Waals surface area contributed by atoms with E-state index in [2.05, 4.69) is 32.5 Å². The number of ether oxygens (including phenoxy) is 1. The molecule has 3 N–H and O–H groups in total. The Balaban J connectivity index is 1.85. The van der Waals surface area contributed by atoms with Crippen LogP contribution in [-0.2, 0) is 14.3 Å². The van der Waals surface area contributed by atoms with Gasteiger partial charge in [0.25, 0.3) is 0 Å². The average molecular weight is 390 g/mol. The summed E-state index contributed by atoms with van der Waals surface area (Å²) in [4.78, 5) is 25.5. The third kappa shape index (κ3) is 2.24. The van der Waals surface area contributed by atoms with Gasteiger partial charge in [0.1, 0.15) is 11.9 Å². The minimum Gasteiger partial charge on any atom is -0.460 e. The van der Waals surface area contributed by atoms with Gasteiger partial charge in [0.15, 0.2) is 6.54 Å². The molecule has 5 fully saturated rings. The van der Waals surface area contributed by atoms with E-state index in [1.165, 1.54) is 0 Å². The highest BCUT2D eigenvalue weighted by atomic mass is 16.5. The lowest BCUT2D eigenvalue weighted by Crippen LogP contribution is -2.69. The molecule has 0 radical (unpaired) electrons. The maximum atomic E-state index is 13.2. The van der Waals surface area contributed by atoms with Gasteiger partial charge in [0.2, 0.25) is 0 Å². The number of nitrogens with zero attached hydrogens (tertiary/aromatic N) is 1. The summed E-state index contributed by atoms with van der Waals surface area (Å²) in [6.45, 7) is 10.2. The van der Waals surface area contributed by atoms with Crippen LogP contribution >= 0.6 is 0 Å². The van der Waals surface area contributed by atoms with Crippen molar-refractivity contribution in [3.63, 3.8) is 0 Å². The first-order chi connectivity index (χ1) is 13.2. The number of aliphatic hydroxyl groups excluding tert-OH is 1. The fraction of sp³-hybridized carbons (Fsp3) is 0.818. The summed E-state index contributed by atoms with van der Waals surface area (Å²) in [6.07, 6.45) is 5.01. The van der Waals surface area contributed by atoms with E-state index in [1.807, 2.05) is 6.08 Å². The predicted molar refractivity (Wildman–Crippen MR) is 102 cm³/mol. The number of carbonyl (C=O) groups excluding carboxylic acids is 2. The molecule has 5 aliphatic rings. The lowest BCUT2D eigenvalue weighted by molar-refractivity contribution is -0.257. The van der Waals surface area contributed by atoms with Gasteiger partial charge in [-0.3, -0.25) is 4.79 Å². The van der Waals surface area contributed by atoms with Crippen LogP contribution in [-0.4, -0.2) is 35.6 Å². The summed E-state index contributed by atoms with van der Waals surface area (Å²) in [5.74, 6) is 0.0838. The Morgan fingerprint density at radius 1 is 1.43 bits per heavy atom. The number of rotatable bonds is 4. The van der Waals surface area contributed by atoms with Gasteiger partial charge in [-0.15, -0.1) is 6.58 Å². The Morgan fingerprint density at radius 3 is 2.79 bits per heavy atom. The maximum absolute atomic E-state index is 13.2. The monoisotopic (exact) mass is 389 g/mol. The minimum atomic E-state index is -0.574. The Morgan fingerprint density at radius 2 is 2.14 bits per heavy atom. The average Bonchev–Trinajstić information content (AvgIpc) is 3.03. The predicted octanol–water partition coefficient (Wildman–Crippen LogP) is 1.71. The van der Waals surface area contributed by atoms with Gasteiger partial charge in [0.05, 0.1) is 6.10 Å². The first-order valence-corrected chi connectivity index (χ1v) is 10.6. The highest BCUT2D eigenvalue weighted by Gasteiger charge is 2.75. The minimum absolute atomic E-state index is 0.0144. The Hall–Kier alpha value is -1.56. The zero-order chi connectivity index (χ0) is 20.5. The van der Waals surface area contributed by atoms with Crippen LogP contribution < -0.4 is 5.53 Å². The van der Waals surface area contributed by atoms with Crippen molar-refractivity contribution in [2.75, 3.05) is 6.54 Å². The molecule has 154 valence electrons. The molecule has 6 nitrogen and oxygen atoms in total. The van der Waals surface area contributed by atoms with Crippen LogP contribution in [0, 0.1) is 39.9 Å². The van der Waals surface area contributed by atoms with E-state index in [9.17, 15) is 14.7 Å². The topological polar surface area (TPSA) is 102 Å². The van der Waals surface area contributed by atoms with Crippen LogP contribution in [0.1, 0.15) is 52.9 Å². The number of Topliss-reactive ketones (excluding diaryl/α,β-unsaturated/α-hetero) is 1. The molecule has 4 bridgehead atoms. The second kappa shape index (κ2) is 6.22. The fourth-order valence-corrected chi connectivity index (χ4v) is 7.91. The quantitative estimate of drug-likeness (QED) is 0.434. The number of ketones is 1. The van der Waals surface area contributed by atoms with Gasteiger partial charge < -0.3 is 9.84 Å². The summed E-state index contributed by atoms with van der Waals surface area (Å²) in [7, 11) is 0. The van der Waals surface area contributed by atoms with Crippen molar-refractivity contribution in [3.8, 4) is 0 Å². The first-order valence-electron chi connectivity index (χ1n) is 10.6. The van der Waals surface area contributed by atoms with Gasteiger partial charge >= 0.3 is 5.97 Å². The van der Waals surface area contributed by atoms with E-state index < -0.39 is 17.5 Å². The number of fused-ring (bicyclic) bond motifs is 4. The number of carbonyl (C=O) groups is 2. The van der Waals surface area contributed by atoms with E-state index >= 15 is 0 Å². The zero-order valence-electron chi connectivity index (χ0n) is 17.2. The molecule has 0 amide bonds. The first kappa shape index (κ1) is 19.7. The van der Waals surface area contributed by atoms with Crippen molar-refractivity contribution < 1.29 is 25.0 Å². The van der Waals surface area contributed by atoms with Crippen LogP contribution in [0.2, 0.25) is 0 Å². The van der Waals surface area contributed by atoms with Crippen molar-refractivity contribution in [1.82, 2.24) is 0 Å². The molecule has 0 aromatic rings. The van der Waals surface area contributed by atoms with Gasteiger partial charge in [-0.05, 0) is 48.0 Å². The van der Waals surface area contributed by atoms with Crippen molar-refractivity contribution in [2.45, 2.75) is 65.1 Å². The SMILES string of the molecule is C=C[C@]1(C)CC2C3CC[C@]4(CCC(=O)[C@H]4[C@]3(C)[C@@H]2OC(=O)CN=[NH2+])[C@@H](C)[C@@H]1O. The lowest BCUT2D eigenvalue weighted by atomic mass is 9.38. The Kier molecular flexibility index (Phi) is 4.38. The summed E-state index contributed by atoms with van der Waals surface area (Å²) >= 11 is 0. The highest BCUT2D eigenvalue weighted by Crippen LogP contribution is 2.74. The molecular weight excluding hydrogens is 356 g/mol. The van der Waals surface area contributed by atoms with E-state index in [0.717, 1.165) is 19.3 Å². The van der Waals surface area contributed by atoms with Crippen LogP contribution in [0.25, 0.3) is 0 Å². The van der Waals surface area contributed by atoms with Crippen molar-refractivity contribution in [3.05, 3.63) is 12.7 Å². The van der Waals surface area contributed by atoms with Crippen LogP contribution in [0.4, 0.5) is 0 Å². The molecule has 0 heterocycles. The van der Waals surface area contributed by atoms with Gasteiger partial charge in [-0.1, -0.05) is 26.8 Å². The van der Waals surface area contributed by atoms with Crippen molar-refractivity contribution >= 4 is 11.8 Å². The number of nitrogens with two attached hydrogens (primary N) is 1. The van der Waals surface area contributed by atoms with Crippen molar-refractivity contribution in [1.29, 1.82) is 0 Å². The largest absolute Gasteiger partial charge is 0.460 e. The smallest absolute Gasteiger partial charge is 0.334 e. The maximum Gasteiger partial charge on any atom is 0.334 e. The molecule has 5 saturated carbocycles. The molecule has 0 aromatic heterocycles. The van der Waals surface area contributed by atoms with Gasteiger partial charge in [-0.25, -0.2) is 4.79 Å². The molecule has 1 spiro atoms. The highest BCUT2D eigenvalue weighted by molar-refractivity contribution is 5.86. The second-order valence-electron chi connectivity index (χ2n) is 10.2. The lowest BCUT2D eigenvalue weighted by Gasteiger charge is -2.67. The summed E-state index contributed by atoms with van der Waals surface area (Å²) < 4.78 is 5.92. The Labute approximate surface area is 166 Å². The van der Waals surface area contributed by atoms with E-state index in [4.69, 9.17) is 10.3 Å². The molecule has 0 aliphatic heterocycles. The van der Waals surface area contributed by atoms with E-state index in [1.54, 1.807) is 0 Å². The summed E-state index contributed by atoms with van der Waals surface area (Å²) in [5.41, 5.74) is 4.10. The van der Waals surface area contributed by atoms with Gasteiger partial charge in [-0.2, -0.15) is 5.53 Å². The summed E-state index contributed by atoms with van der Waals surface area (Å²) in [6, 6.07) is 0.